The monoisotopic (exact) mass is 471 g/mol. The van der Waals surface area contributed by atoms with Crippen LogP contribution in [0, 0.1) is 0 Å². The van der Waals surface area contributed by atoms with Crippen molar-refractivity contribution >= 4 is 32.5 Å². The van der Waals surface area contributed by atoms with Crippen molar-refractivity contribution in [3.63, 3.8) is 0 Å². The number of hydrogen-bond acceptors (Lipinski definition) is 5. The van der Waals surface area contributed by atoms with Gasteiger partial charge in [0.25, 0.3) is 15.9 Å². The maximum atomic E-state index is 13.3. The van der Waals surface area contributed by atoms with E-state index in [9.17, 15) is 18.0 Å². The van der Waals surface area contributed by atoms with E-state index in [4.69, 9.17) is 4.74 Å². The molecule has 176 valence electrons. The number of nitrogens with zero attached hydrogens (tertiary/aromatic N) is 1. The normalized spacial score (nSPS) is 11.4. The number of rotatable bonds is 10. The minimum absolute atomic E-state index is 0.0522. The van der Waals surface area contributed by atoms with Crippen molar-refractivity contribution in [2.24, 2.45) is 0 Å². The van der Waals surface area contributed by atoms with E-state index >= 15 is 0 Å². The van der Waals surface area contributed by atoms with Crippen molar-refractivity contribution in [3.8, 4) is 5.75 Å². The van der Waals surface area contributed by atoms with Crippen LogP contribution < -0.4 is 19.8 Å². The van der Waals surface area contributed by atoms with Crippen LogP contribution in [-0.4, -0.2) is 39.5 Å². The lowest BCUT2D eigenvalue weighted by Crippen LogP contribution is -2.30. The zero-order valence-electron chi connectivity index (χ0n) is 19.1. The zero-order chi connectivity index (χ0) is 24.0. The lowest BCUT2D eigenvalue weighted by atomic mass is 10.1. The molecule has 2 N–H and O–H groups in total. The Bertz CT molecular complexity index is 1300. The summed E-state index contributed by atoms with van der Waals surface area (Å²) in [6.07, 6.45) is 4.19. The number of sulfonamides is 1. The van der Waals surface area contributed by atoms with Crippen LogP contribution in [0.3, 0.4) is 0 Å². The van der Waals surface area contributed by atoms with Gasteiger partial charge < -0.3 is 15.0 Å². The number of aromatic nitrogens is 1. The molecule has 2 aromatic carbocycles. The van der Waals surface area contributed by atoms with Crippen LogP contribution in [0.4, 0.5) is 5.69 Å². The standard InChI is InChI=1S/C24H29N3O5S/c1-4-6-9-14-25-24(29)19-16-26-20-13-12-17(15-18(20)23(19)28)33(30,31)27(3)21-10-7-8-11-22(21)32-5-2/h7-8,10-13,15-16H,4-6,9,14H2,1-3H3,(H,25,29)(H,26,28). The molecule has 0 spiro atoms. The van der Waals surface area contributed by atoms with Crippen LogP contribution in [0.5, 0.6) is 5.75 Å². The quantitative estimate of drug-likeness (QED) is 0.439. The summed E-state index contributed by atoms with van der Waals surface area (Å²) in [5.74, 6) is -0.0444. The third-order valence-corrected chi connectivity index (χ3v) is 7.09. The number of unbranched alkanes of at least 4 members (excludes halogenated alkanes) is 2. The summed E-state index contributed by atoms with van der Waals surface area (Å²) in [4.78, 5) is 28.3. The van der Waals surface area contributed by atoms with Crippen molar-refractivity contribution < 1.29 is 17.9 Å². The number of ether oxygens (including phenoxy) is 1. The first-order chi connectivity index (χ1) is 15.8. The largest absolute Gasteiger partial charge is 0.492 e. The van der Waals surface area contributed by atoms with Crippen LogP contribution in [-0.2, 0) is 10.0 Å². The van der Waals surface area contributed by atoms with Crippen LogP contribution in [0.15, 0.2) is 58.4 Å². The molecule has 1 amide bonds. The van der Waals surface area contributed by atoms with Crippen molar-refractivity contribution in [2.45, 2.75) is 38.0 Å². The van der Waals surface area contributed by atoms with Gasteiger partial charge in [0.05, 0.1) is 17.2 Å². The van der Waals surface area contributed by atoms with Gasteiger partial charge in [-0.2, -0.15) is 0 Å². The van der Waals surface area contributed by atoms with Crippen LogP contribution >= 0.6 is 0 Å². The second-order valence-corrected chi connectivity index (χ2v) is 9.54. The van der Waals surface area contributed by atoms with Gasteiger partial charge in [0, 0.05) is 30.7 Å². The van der Waals surface area contributed by atoms with Crippen molar-refractivity contribution in [1.29, 1.82) is 0 Å². The van der Waals surface area contributed by atoms with E-state index in [0.29, 0.717) is 30.1 Å². The lowest BCUT2D eigenvalue weighted by Gasteiger charge is -2.22. The predicted octanol–water partition coefficient (Wildman–Crippen LogP) is 3.67. The number of pyridine rings is 1. The van der Waals surface area contributed by atoms with Gasteiger partial charge in [0.2, 0.25) is 5.43 Å². The Balaban J connectivity index is 1.98. The lowest BCUT2D eigenvalue weighted by molar-refractivity contribution is 0.0951. The summed E-state index contributed by atoms with van der Waals surface area (Å²) in [5, 5.41) is 2.87. The van der Waals surface area contributed by atoms with Gasteiger partial charge in [0.1, 0.15) is 11.3 Å². The first kappa shape index (κ1) is 24.3. The first-order valence-corrected chi connectivity index (χ1v) is 12.4. The highest BCUT2D eigenvalue weighted by Crippen LogP contribution is 2.31. The van der Waals surface area contributed by atoms with E-state index in [1.807, 2.05) is 6.92 Å². The van der Waals surface area contributed by atoms with Crippen LogP contribution in [0.1, 0.15) is 43.5 Å². The molecule has 0 saturated heterocycles. The average Bonchev–Trinajstić information content (AvgIpc) is 2.82. The van der Waals surface area contributed by atoms with E-state index in [-0.39, 0.29) is 15.8 Å². The molecule has 8 nitrogen and oxygen atoms in total. The molecule has 3 rings (SSSR count). The van der Waals surface area contributed by atoms with Crippen molar-refractivity contribution in [2.75, 3.05) is 24.5 Å². The molecule has 0 saturated carbocycles. The number of benzene rings is 2. The molecule has 0 atom stereocenters. The maximum Gasteiger partial charge on any atom is 0.264 e. The minimum atomic E-state index is -3.99. The number of fused-ring (bicyclic) bond motifs is 1. The second kappa shape index (κ2) is 10.5. The Kier molecular flexibility index (Phi) is 7.75. The number of aromatic amines is 1. The highest BCUT2D eigenvalue weighted by molar-refractivity contribution is 7.92. The Labute approximate surface area is 193 Å². The van der Waals surface area contributed by atoms with Gasteiger partial charge in [-0.15, -0.1) is 0 Å². The summed E-state index contributed by atoms with van der Waals surface area (Å²) in [7, 11) is -2.56. The number of hydrogen-bond donors (Lipinski definition) is 2. The van der Waals surface area contributed by atoms with E-state index in [2.05, 4.69) is 17.2 Å². The molecule has 0 aliphatic heterocycles. The molecule has 0 aliphatic rings. The van der Waals surface area contributed by atoms with Crippen molar-refractivity contribution in [1.82, 2.24) is 10.3 Å². The number of anilines is 1. The Hall–Kier alpha value is -3.33. The highest BCUT2D eigenvalue weighted by atomic mass is 32.2. The van der Waals surface area contributed by atoms with E-state index < -0.39 is 21.4 Å². The minimum Gasteiger partial charge on any atom is -0.492 e. The number of amides is 1. The summed E-state index contributed by atoms with van der Waals surface area (Å²) in [6, 6.07) is 11.1. The Morgan fingerprint density at radius 3 is 2.61 bits per heavy atom. The molecular weight excluding hydrogens is 442 g/mol. The Morgan fingerprint density at radius 1 is 1.12 bits per heavy atom. The van der Waals surface area contributed by atoms with Gasteiger partial charge in [-0.25, -0.2) is 8.42 Å². The smallest absolute Gasteiger partial charge is 0.264 e. The number of carbonyl (C=O) groups is 1. The summed E-state index contributed by atoms with van der Waals surface area (Å²) >= 11 is 0. The topological polar surface area (TPSA) is 109 Å². The van der Waals surface area contributed by atoms with E-state index in [1.165, 1.54) is 31.4 Å². The summed E-state index contributed by atoms with van der Waals surface area (Å²) in [5.41, 5.74) is 0.252. The number of H-pyrrole nitrogens is 1. The number of carbonyl (C=O) groups excluding carboxylic acids is 1. The summed E-state index contributed by atoms with van der Waals surface area (Å²) < 4.78 is 33.4. The van der Waals surface area contributed by atoms with Gasteiger partial charge in [-0.3, -0.25) is 13.9 Å². The molecule has 0 fully saturated rings. The molecule has 1 heterocycles. The third kappa shape index (κ3) is 5.19. The predicted molar refractivity (Wildman–Crippen MR) is 130 cm³/mol. The molecule has 0 radical (unpaired) electrons. The fraction of sp³-hybridized carbons (Fsp3) is 0.333. The molecule has 0 bridgehead atoms. The molecular formula is C24H29N3O5S. The maximum absolute atomic E-state index is 13.3. The summed E-state index contributed by atoms with van der Waals surface area (Å²) in [6.45, 7) is 4.74. The second-order valence-electron chi connectivity index (χ2n) is 7.58. The Morgan fingerprint density at radius 2 is 1.88 bits per heavy atom. The van der Waals surface area contributed by atoms with Gasteiger partial charge in [-0.05, 0) is 43.7 Å². The van der Waals surface area contributed by atoms with Crippen LogP contribution in [0.25, 0.3) is 10.9 Å². The number of nitrogens with one attached hydrogen (secondary N) is 2. The van der Waals surface area contributed by atoms with Crippen LogP contribution in [0.2, 0.25) is 0 Å². The van der Waals surface area contributed by atoms with Gasteiger partial charge in [-0.1, -0.05) is 31.9 Å². The van der Waals surface area contributed by atoms with Gasteiger partial charge in [0.15, 0.2) is 0 Å². The zero-order valence-corrected chi connectivity index (χ0v) is 19.9. The van der Waals surface area contributed by atoms with E-state index in [1.54, 1.807) is 24.3 Å². The molecule has 9 heteroatoms. The molecule has 33 heavy (non-hydrogen) atoms. The van der Waals surface area contributed by atoms with E-state index in [0.717, 1.165) is 23.6 Å². The molecule has 0 unspecified atom stereocenters. The molecule has 0 aliphatic carbocycles. The third-order valence-electron chi connectivity index (χ3n) is 5.33. The molecule has 3 aromatic rings. The first-order valence-electron chi connectivity index (χ1n) is 11.0. The average molecular weight is 472 g/mol. The SMILES string of the molecule is CCCCCNC(=O)c1c[nH]c2ccc(S(=O)(=O)N(C)c3ccccc3OCC)cc2c1=O. The molecule has 1 aromatic heterocycles. The fourth-order valence-corrected chi connectivity index (χ4v) is 4.71. The highest BCUT2D eigenvalue weighted by Gasteiger charge is 2.25. The van der Waals surface area contributed by atoms with Crippen molar-refractivity contribution in [3.05, 3.63) is 64.4 Å². The fourth-order valence-electron chi connectivity index (χ4n) is 3.48. The van der Waals surface area contributed by atoms with Gasteiger partial charge >= 0.3 is 0 Å². The number of para-hydroxylation sites is 2.